The number of hydrogen-bond donors (Lipinski definition) is 2. The van der Waals surface area contributed by atoms with Gasteiger partial charge in [-0.1, -0.05) is 11.6 Å². The molecule has 0 unspecified atom stereocenters. The molecule has 104 valence electrons. The summed E-state index contributed by atoms with van der Waals surface area (Å²) in [4.78, 5) is 18.1. The van der Waals surface area contributed by atoms with E-state index in [-0.39, 0.29) is 5.91 Å². The van der Waals surface area contributed by atoms with E-state index >= 15 is 0 Å². The predicted molar refractivity (Wildman–Crippen MR) is 82.4 cm³/mol. The Morgan fingerprint density at radius 2 is 2.05 bits per heavy atom. The van der Waals surface area contributed by atoms with Gasteiger partial charge in [0.1, 0.15) is 5.82 Å². The second-order valence-corrected chi connectivity index (χ2v) is 4.90. The minimum Gasteiger partial charge on any atom is -0.398 e. The van der Waals surface area contributed by atoms with Gasteiger partial charge < -0.3 is 16.0 Å². The lowest BCUT2D eigenvalue weighted by atomic mass is 10.2. The number of pyridine rings is 1. The van der Waals surface area contributed by atoms with Gasteiger partial charge in [0.2, 0.25) is 0 Å². The van der Waals surface area contributed by atoms with Gasteiger partial charge in [-0.05, 0) is 30.3 Å². The fourth-order valence-electron chi connectivity index (χ4n) is 1.60. The third kappa shape index (κ3) is 3.19. The van der Waals surface area contributed by atoms with E-state index in [0.717, 1.165) is 5.82 Å². The molecule has 3 N–H and O–H groups in total. The smallest absolute Gasteiger partial charge is 0.255 e. The van der Waals surface area contributed by atoms with Crippen LogP contribution in [-0.2, 0) is 0 Å². The molecule has 0 aliphatic carbocycles. The first-order valence-electron chi connectivity index (χ1n) is 5.97. The first-order valence-corrected chi connectivity index (χ1v) is 6.35. The fraction of sp³-hybridized carbons (Fsp3) is 0.143. The number of carbonyl (C=O) groups excluding carboxylic acids is 1. The Bertz CT molecular complexity index is 626. The Labute approximate surface area is 122 Å². The number of anilines is 3. The third-order valence-electron chi connectivity index (χ3n) is 2.73. The minimum atomic E-state index is -0.258. The van der Waals surface area contributed by atoms with E-state index in [1.807, 2.05) is 25.1 Å². The van der Waals surface area contributed by atoms with Crippen LogP contribution in [0.5, 0.6) is 0 Å². The lowest BCUT2D eigenvalue weighted by molar-refractivity contribution is 0.102. The molecule has 6 heteroatoms. The molecule has 0 atom stereocenters. The van der Waals surface area contributed by atoms with E-state index in [2.05, 4.69) is 10.3 Å². The average Bonchev–Trinajstić information content (AvgIpc) is 2.42. The molecule has 0 saturated heterocycles. The summed E-state index contributed by atoms with van der Waals surface area (Å²) in [7, 11) is 3.80. The summed E-state index contributed by atoms with van der Waals surface area (Å²) < 4.78 is 0. The third-order valence-corrected chi connectivity index (χ3v) is 3.05. The van der Waals surface area contributed by atoms with Crippen molar-refractivity contribution in [1.29, 1.82) is 0 Å². The minimum absolute atomic E-state index is 0.258. The zero-order chi connectivity index (χ0) is 14.7. The summed E-state index contributed by atoms with van der Waals surface area (Å²) in [6.45, 7) is 0. The van der Waals surface area contributed by atoms with Crippen LogP contribution in [-0.4, -0.2) is 25.0 Å². The van der Waals surface area contributed by atoms with Crippen molar-refractivity contribution in [1.82, 2.24) is 4.98 Å². The van der Waals surface area contributed by atoms with Crippen molar-refractivity contribution in [3.63, 3.8) is 0 Å². The molecule has 0 aliphatic rings. The molecule has 1 amide bonds. The highest BCUT2D eigenvalue weighted by Crippen LogP contribution is 2.20. The van der Waals surface area contributed by atoms with Crippen molar-refractivity contribution in [2.75, 3.05) is 30.0 Å². The zero-order valence-electron chi connectivity index (χ0n) is 11.2. The van der Waals surface area contributed by atoms with Crippen LogP contribution in [0.25, 0.3) is 0 Å². The molecule has 2 aromatic rings. The quantitative estimate of drug-likeness (QED) is 0.853. The SMILES string of the molecule is CN(C)c1ccc(NC(=O)c2ccc(N)c(Cl)c2)cn1. The van der Waals surface area contributed by atoms with Crippen LogP contribution in [0.3, 0.4) is 0 Å². The lowest BCUT2D eigenvalue weighted by Crippen LogP contribution is -2.13. The summed E-state index contributed by atoms with van der Waals surface area (Å²) in [5, 5.41) is 3.11. The van der Waals surface area contributed by atoms with Crippen LogP contribution >= 0.6 is 11.6 Å². The van der Waals surface area contributed by atoms with Gasteiger partial charge in [0.15, 0.2) is 0 Å². The number of amides is 1. The number of halogens is 1. The Morgan fingerprint density at radius 1 is 1.30 bits per heavy atom. The number of benzene rings is 1. The van der Waals surface area contributed by atoms with Crippen molar-refractivity contribution >= 4 is 34.7 Å². The van der Waals surface area contributed by atoms with E-state index in [1.165, 1.54) is 6.07 Å². The van der Waals surface area contributed by atoms with Crippen molar-refractivity contribution in [2.24, 2.45) is 0 Å². The van der Waals surface area contributed by atoms with E-state index in [9.17, 15) is 4.79 Å². The molecule has 0 saturated carbocycles. The summed E-state index contributed by atoms with van der Waals surface area (Å²) in [6.07, 6.45) is 1.60. The summed E-state index contributed by atoms with van der Waals surface area (Å²) in [6, 6.07) is 8.38. The highest BCUT2D eigenvalue weighted by atomic mass is 35.5. The maximum absolute atomic E-state index is 12.0. The van der Waals surface area contributed by atoms with Gasteiger partial charge in [-0.3, -0.25) is 4.79 Å². The predicted octanol–water partition coefficient (Wildman–Crippen LogP) is 2.64. The molecule has 0 aliphatic heterocycles. The van der Waals surface area contributed by atoms with Crippen molar-refractivity contribution in [2.45, 2.75) is 0 Å². The van der Waals surface area contributed by atoms with E-state index < -0.39 is 0 Å². The van der Waals surface area contributed by atoms with Crippen molar-refractivity contribution in [3.8, 4) is 0 Å². The van der Waals surface area contributed by atoms with Crippen LogP contribution in [0, 0.1) is 0 Å². The highest BCUT2D eigenvalue weighted by Gasteiger charge is 2.08. The standard InChI is InChI=1S/C14H15ClN4O/c1-19(2)13-6-4-10(8-17-13)18-14(20)9-3-5-12(16)11(15)7-9/h3-8H,16H2,1-2H3,(H,18,20). The molecule has 0 radical (unpaired) electrons. The molecule has 1 aromatic carbocycles. The van der Waals surface area contributed by atoms with Crippen molar-refractivity contribution < 1.29 is 4.79 Å². The van der Waals surface area contributed by atoms with Gasteiger partial charge in [-0.2, -0.15) is 0 Å². The fourth-order valence-corrected chi connectivity index (χ4v) is 1.78. The number of aromatic nitrogens is 1. The summed E-state index contributed by atoms with van der Waals surface area (Å²) in [5.74, 6) is 0.560. The number of nitrogens with zero attached hydrogens (tertiary/aromatic N) is 2. The van der Waals surface area contributed by atoms with Crippen LogP contribution in [0.15, 0.2) is 36.5 Å². The van der Waals surface area contributed by atoms with Gasteiger partial charge >= 0.3 is 0 Å². The lowest BCUT2D eigenvalue weighted by Gasteiger charge is -2.11. The first kappa shape index (κ1) is 14.1. The monoisotopic (exact) mass is 290 g/mol. The van der Waals surface area contributed by atoms with Crippen LogP contribution in [0.4, 0.5) is 17.2 Å². The summed E-state index contributed by atoms with van der Waals surface area (Å²) in [5.41, 5.74) is 7.12. The molecule has 0 bridgehead atoms. The Kier molecular flexibility index (Phi) is 4.10. The maximum Gasteiger partial charge on any atom is 0.255 e. The van der Waals surface area contributed by atoms with Crippen LogP contribution < -0.4 is 16.0 Å². The number of rotatable bonds is 3. The first-order chi connectivity index (χ1) is 9.47. The molecule has 0 fully saturated rings. The molecular formula is C14H15ClN4O. The summed E-state index contributed by atoms with van der Waals surface area (Å²) >= 11 is 5.89. The van der Waals surface area contributed by atoms with Gasteiger partial charge in [-0.15, -0.1) is 0 Å². The van der Waals surface area contributed by atoms with Gasteiger partial charge in [0, 0.05) is 19.7 Å². The van der Waals surface area contributed by atoms with E-state index in [4.69, 9.17) is 17.3 Å². The molecule has 1 heterocycles. The maximum atomic E-state index is 12.0. The topological polar surface area (TPSA) is 71.2 Å². The van der Waals surface area contributed by atoms with Crippen molar-refractivity contribution in [3.05, 3.63) is 47.1 Å². The molecule has 5 nitrogen and oxygen atoms in total. The number of nitrogens with one attached hydrogen (secondary N) is 1. The van der Waals surface area contributed by atoms with E-state index in [0.29, 0.717) is 22.0 Å². The highest BCUT2D eigenvalue weighted by molar-refractivity contribution is 6.33. The number of carbonyl (C=O) groups is 1. The number of hydrogen-bond acceptors (Lipinski definition) is 4. The van der Waals surface area contributed by atoms with Gasteiger partial charge in [0.05, 0.1) is 22.6 Å². The zero-order valence-corrected chi connectivity index (χ0v) is 12.0. The normalized spacial score (nSPS) is 10.2. The molecule has 0 spiro atoms. The van der Waals surface area contributed by atoms with Gasteiger partial charge in [-0.25, -0.2) is 4.98 Å². The second-order valence-electron chi connectivity index (χ2n) is 4.49. The number of nitrogen functional groups attached to an aromatic ring is 1. The Hall–Kier alpha value is -2.27. The van der Waals surface area contributed by atoms with Crippen LogP contribution in [0.2, 0.25) is 5.02 Å². The molecular weight excluding hydrogens is 276 g/mol. The average molecular weight is 291 g/mol. The Morgan fingerprint density at radius 3 is 2.60 bits per heavy atom. The Balaban J connectivity index is 2.12. The van der Waals surface area contributed by atoms with Gasteiger partial charge in [0.25, 0.3) is 5.91 Å². The number of nitrogens with two attached hydrogens (primary N) is 1. The largest absolute Gasteiger partial charge is 0.398 e. The molecule has 2 rings (SSSR count). The van der Waals surface area contributed by atoms with Crippen LogP contribution in [0.1, 0.15) is 10.4 Å². The molecule has 1 aromatic heterocycles. The molecule has 20 heavy (non-hydrogen) atoms. The second kappa shape index (κ2) is 5.79. The van der Waals surface area contributed by atoms with E-state index in [1.54, 1.807) is 24.4 Å².